The van der Waals surface area contributed by atoms with E-state index in [-0.39, 0.29) is 41.5 Å². The lowest BCUT2D eigenvalue weighted by Gasteiger charge is -2.15. The van der Waals surface area contributed by atoms with Crippen LogP contribution in [0.2, 0.25) is 0 Å². The summed E-state index contributed by atoms with van der Waals surface area (Å²) in [6.45, 7) is 4.02. The molecule has 3 aromatic rings. The van der Waals surface area contributed by atoms with Gasteiger partial charge in [-0.1, -0.05) is 36.4 Å². The van der Waals surface area contributed by atoms with E-state index in [1.54, 1.807) is 0 Å². The van der Waals surface area contributed by atoms with Crippen molar-refractivity contribution in [1.82, 2.24) is 20.2 Å². The molecule has 1 aromatic heterocycles. The molecule has 1 aliphatic rings. The molecule has 1 fully saturated rings. The highest BCUT2D eigenvalue weighted by Crippen LogP contribution is 2.15. The van der Waals surface area contributed by atoms with Crippen molar-refractivity contribution >= 4 is 50.8 Å². The SMILES string of the molecule is CCNC(=NCc1ccc(Cn2cnc3ccccc32)cc1)NC1CCS(=O)(=O)C1.I. The Balaban J connectivity index is 0.00000272. The minimum absolute atomic E-state index is 0. The molecule has 0 aliphatic carbocycles. The van der Waals surface area contributed by atoms with Gasteiger partial charge >= 0.3 is 0 Å². The quantitative estimate of drug-likeness (QED) is 0.279. The number of nitrogens with zero attached hydrogens (tertiary/aromatic N) is 3. The molecular formula is C22H28IN5O2S. The maximum absolute atomic E-state index is 11.7. The largest absolute Gasteiger partial charge is 0.357 e. The summed E-state index contributed by atoms with van der Waals surface area (Å²) in [4.78, 5) is 9.07. The van der Waals surface area contributed by atoms with Gasteiger partial charge in [0.25, 0.3) is 0 Å². The van der Waals surface area contributed by atoms with E-state index in [2.05, 4.69) is 55.5 Å². The Morgan fingerprint density at radius 2 is 1.90 bits per heavy atom. The molecule has 7 nitrogen and oxygen atoms in total. The van der Waals surface area contributed by atoms with Gasteiger partial charge in [0.1, 0.15) is 0 Å². The summed E-state index contributed by atoms with van der Waals surface area (Å²) in [6.07, 6.45) is 2.50. The third-order valence-electron chi connectivity index (χ3n) is 5.24. The van der Waals surface area contributed by atoms with Crippen LogP contribution in [0, 0.1) is 0 Å². The fourth-order valence-electron chi connectivity index (χ4n) is 3.68. The van der Waals surface area contributed by atoms with E-state index in [1.807, 2.05) is 31.5 Å². The first-order valence-electron chi connectivity index (χ1n) is 10.3. The molecule has 9 heteroatoms. The Labute approximate surface area is 200 Å². The van der Waals surface area contributed by atoms with Crippen molar-refractivity contribution in [2.24, 2.45) is 4.99 Å². The summed E-state index contributed by atoms with van der Waals surface area (Å²) < 4.78 is 25.5. The van der Waals surface area contributed by atoms with Gasteiger partial charge < -0.3 is 15.2 Å². The topological polar surface area (TPSA) is 88.4 Å². The van der Waals surface area contributed by atoms with Crippen LogP contribution in [-0.4, -0.2) is 48.0 Å². The molecule has 0 amide bonds. The number of halogens is 1. The Bertz CT molecular complexity index is 1140. The molecule has 1 saturated heterocycles. The summed E-state index contributed by atoms with van der Waals surface area (Å²) in [6, 6.07) is 16.5. The number of imidazole rings is 1. The predicted octanol–water partition coefficient (Wildman–Crippen LogP) is 2.94. The van der Waals surface area contributed by atoms with Crippen LogP contribution < -0.4 is 10.6 Å². The first kappa shape index (κ1) is 23.5. The molecule has 31 heavy (non-hydrogen) atoms. The minimum Gasteiger partial charge on any atom is -0.357 e. The summed E-state index contributed by atoms with van der Waals surface area (Å²) in [5.41, 5.74) is 4.43. The van der Waals surface area contributed by atoms with E-state index in [9.17, 15) is 8.42 Å². The maximum atomic E-state index is 11.7. The van der Waals surface area contributed by atoms with Crippen molar-refractivity contribution in [3.05, 3.63) is 66.0 Å². The van der Waals surface area contributed by atoms with E-state index in [0.717, 1.165) is 29.7 Å². The zero-order valence-corrected chi connectivity index (χ0v) is 20.6. The smallest absolute Gasteiger partial charge is 0.191 e. The van der Waals surface area contributed by atoms with Crippen LogP contribution in [0.4, 0.5) is 0 Å². The molecule has 2 heterocycles. The lowest BCUT2D eigenvalue weighted by Crippen LogP contribution is -2.44. The Hall–Kier alpha value is -2.14. The van der Waals surface area contributed by atoms with Gasteiger partial charge in [-0.25, -0.2) is 18.4 Å². The molecule has 1 unspecified atom stereocenters. The third-order valence-corrected chi connectivity index (χ3v) is 7.01. The molecule has 0 bridgehead atoms. The summed E-state index contributed by atoms with van der Waals surface area (Å²) >= 11 is 0. The van der Waals surface area contributed by atoms with Gasteiger partial charge in [-0.2, -0.15) is 0 Å². The monoisotopic (exact) mass is 553 g/mol. The highest BCUT2D eigenvalue weighted by molar-refractivity contribution is 14.0. The number of para-hydroxylation sites is 2. The number of fused-ring (bicyclic) bond motifs is 1. The lowest BCUT2D eigenvalue weighted by molar-refractivity contribution is 0.599. The Morgan fingerprint density at radius 3 is 2.61 bits per heavy atom. The van der Waals surface area contributed by atoms with E-state index in [4.69, 9.17) is 0 Å². The second kappa shape index (κ2) is 10.4. The van der Waals surface area contributed by atoms with Gasteiger partial charge in [0.15, 0.2) is 15.8 Å². The molecule has 4 rings (SSSR count). The van der Waals surface area contributed by atoms with Crippen LogP contribution in [0.1, 0.15) is 24.5 Å². The number of rotatable bonds is 6. The highest BCUT2D eigenvalue weighted by atomic mass is 127. The Morgan fingerprint density at radius 1 is 1.16 bits per heavy atom. The van der Waals surface area contributed by atoms with Crippen molar-refractivity contribution in [3.8, 4) is 0 Å². The standard InChI is InChI=1S/C22H27N5O2S.HI/c1-2-23-22(26-19-11-12-30(28,29)15-19)24-13-17-7-9-18(10-8-17)14-27-16-25-20-5-3-4-6-21(20)27;/h3-10,16,19H,2,11-15H2,1H3,(H2,23,24,26);1H. The molecule has 2 aromatic carbocycles. The normalized spacial score (nSPS) is 18.0. The predicted molar refractivity (Wildman–Crippen MR) is 136 cm³/mol. The summed E-state index contributed by atoms with van der Waals surface area (Å²) in [5.74, 6) is 1.08. The molecule has 0 spiro atoms. The maximum Gasteiger partial charge on any atom is 0.191 e. The number of benzene rings is 2. The Kier molecular flexibility index (Phi) is 7.93. The minimum atomic E-state index is -2.92. The van der Waals surface area contributed by atoms with Crippen molar-refractivity contribution in [3.63, 3.8) is 0 Å². The van der Waals surface area contributed by atoms with Crippen LogP contribution in [0.3, 0.4) is 0 Å². The lowest BCUT2D eigenvalue weighted by atomic mass is 10.1. The van der Waals surface area contributed by atoms with Gasteiger partial charge in [-0.3, -0.25) is 0 Å². The van der Waals surface area contributed by atoms with Crippen molar-refractivity contribution < 1.29 is 8.42 Å². The average Bonchev–Trinajstić information content (AvgIpc) is 3.30. The van der Waals surface area contributed by atoms with Crippen molar-refractivity contribution in [2.75, 3.05) is 18.1 Å². The van der Waals surface area contributed by atoms with Crippen LogP contribution in [0.15, 0.2) is 59.9 Å². The first-order chi connectivity index (χ1) is 14.5. The second-order valence-electron chi connectivity index (χ2n) is 7.62. The molecule has 1 aliphatic heterocycles. The van der Waals surface area contributed by atoms with E-state index in [1.165, 1.54) is 5.56 Å². The van der Waals surface area contributed by atoms with Crippen molar-refractivity contribution in [1.29, 1.82) is 0 Å². The van der Waals surface area contributed by atoms with Crippen LogP contribution in [-0.2, 0) is 22.9 Å². The van der Waals surface area contributed by atoms with E-state index >= 15 is 0 Å². The number of aromatic nitrogens is 2. The van der Waals surface area contributed by atoms with E-state index < -0.39 is 9.84 Å². The van der Waals surface area contributed by atoms with Gasteiger partial charge in [0, 0.05) is 19.1 Å². The van der Waals surface area contributed by atoms with Gasteiger partial charge in [0.05, 0.1) is 35.4 Å². The third kappa shape index (κ3) is 6.19. The fraction of sp³-hybridized carbons (Fsp3) is 0.364. The highest BCUT2D eigenvalue weighted by Gasteiger charge is 2.28. The van der Waals surface area contributed by atoms with Crippen LogP contribution in [0.25, 0.3) is 11.0 Å². The average molecular weight is 553 g/mol. The number of hydrogen-bond acceptors (Lipinski definition) is 4. The molecular weight excluding hydrogens is 525 g/mol. The van der Waals surface area contributed by atoms with Crippen LogP contribution >= 0.6 is 24.0 Å². The van der Waals surface area contributed by atoms with Crippen molar-refractivity contribution in [2.45, 2.75) is 32.5 Å². The molecule has 0 radical (unpaired) electrons. The van der Waals surface area contributed by atoms with Gasteiger partial charge in [-0.05, 0) is 36.6 Å². The zero-order chi connectivity index (χ0) is 21.0. The fourth-order valence-corrected chi connectivity index (χ4v) is 5.35. The zero-order valence-electron chi connectivity index (χ0n) is 17.5. The number of nitrogens with one attached hydrogen (secondary N) is 2. The molecule has 0 saturated carbocycles. The number of guanidine groups is 1. The summed E-state index contributed by atoms with van der Waals surface area (Å²) in [7, 11) is -2.92. The molecule has 1 atom stereocenters. The molecule has 2 N–H and O–H groups in total. The first-order valence-corrected chi connectivity index (χ1v) is 12.1. The van der Waals surface area contributed by atoms with Crippen LogP contribution in [0.5, 0.6) is 0 Å². The van der Waals surface area contributed by atoms with Gasteiger partial charge in [0.2, 0.25) is 0 Å². The molecule has 166 valence electrons. The number of hydrogen-bond donors (Lipinski definition) is 2. The second-order valence-corrected chi connectivity index (χ2v) is 9.85. The van der Waals surface area contributed by atoms with Gasteiger partial charge in [-0.15, -0.1) is 24.0 Å². The number of sulfone groups is 1. The van der Waals surface area contributed by atoms with E-state index in [0.29, 0.717) is 18.9 Å². The number of aliphatic imine (C=N–C) groups is 1. The summed E-state index contributed by atoms with van der Waals surface area (Å²) in [5, 5.41) is 6.45.